The van der Waals surface area contributed by atoms with Crippen LogP contribution in [0.1, 0.15) is 23.7 Å². The SMILES string of the molecule is CC(C)N(Cc1cccs1)Cc1nnc(Cl)s1. The van der Waals surface area contributed by atoms with Crippen LogP contribution in [-0.4, -0.2) is 21.1 Å². The molecule has 0 unspecified atom stereocenters. The topological polar surface area (TPSA) is 29.0 Å². The molecule has 0 amide bonds. The summed E-state index contributed by atoms with van der Waals surface area (Å²) in [4.78, 5) is 3.73. The molecule has 6 heteroatoms. The summed E-state index contributed by atoms with van der Waals surface area (Å²) in [6, 6.07) is 4.72. The van der Waals surface area contributed by atoms with Crippen LogP contribution >= 0.6 is 34.3 Å². The normalized spacial score (nSPS) is 11.6. The highest BCUT2D eigenvalue weighted by Crippen LogP contribution is 2.20. The second-order valence-electron chi connectivity index (χ2n) is 4.03. The van der Waals surface area contributed by atoms with Gasteiger partial charge in [0, 0.05) is 17.5 Å². The fourth-order valence-electron chi connectivity index (χ4n) is 1.49. The summed E-state index contributed by atoms with van der Waals surface area (Å²) < 4.78 is 0.514. The van der Waals surface area contributed by atoms with Crippen LogP contribution in [0.15, 0.2) is 17.5 Å². The Morgan fingerprint density at radius 1 is 1.35 bits per heavy atom. The van der Waals surface area contributed by atoms with E-state index in [2.05, 4.69) is 46.5 Å². The summed E-state index contributed by atoms with van der Waals surface area (Å²) in [5, 5.41) is 11.0. The van der Waals surface area contributed by atoms with Crippen LogP contribution in [0.3, 0.4) is 0 Å². The summed E-state index contributed by atoms with van der Waals surface area (Å²) in [6.45, 7) is 6.14. The number of aromatic nitrogens is 2. The van der Waals surface area contributed by atoms with Gasteiger partial charge < -0.3 is 0 Å². The molecule has 3 nitrogen and oxygen atoms in total. The highest BCUT2D eigenvalue weighted by Gasteiger charge is 2.14. The van der Waals surface area contributed by atoms with E-state index in [0.717, 1.165) is 18.1 Å². The van der Waals surface area contributed by atoms with Crippen molar-refractivity contribution >= 4 is 34.3 Å². The summed E-state index contributed by atoms with van der Waals surface area (Å²) in [5.74, 6) is 0. The van der Waals surface area contributed by atoms with Crippen molar-refractivity contribution in [2.75, 3.05) is 0 Å². The van der Waals surface area contributed by atoms with E-state index >= 15 is 0 Å². The van der Waals surface area contributed by atoms with E-state index in [4.69, 9.17) is 11.6 Å². The average molecular weight is 288 g/mol. The Kier molecular flexibility index (Phi) is 4.50. The molecular formula is C11H14ClN3S2. The lowest BCUT2D eigenvalue weighted by molar-refractivity contribution is 0.205. The van der Waals surface area contributed by atoms with Gasteiger partial charge in [-0.05, 0) is 36.9 Å². The summed E-state index contributed by atoms with van der Waals surface area (Å²) in [5.41, 5.74) is 0. The van der Waals surface area contributed by atoms with Crippen molar-refractivity contribution in [1.82, 2.24) is 15.1 Å². The Morgan fingerprint density at radius 2 is 2.18 bits per heavy atom. The Hall–Kier alpha value is -0.490. The molecular weight excluding hydrogens is 274 g/mol. The quantitative estimate of drug-likeness (QED) is 0.840. The van der Waals surface area contributed by atoms with Crippen LogP contribution in [0.4, 0.5) is 0 Å². The average Bonchev–Trinajstić information content (AvgIpc) is 2.89. The van der Waals surface area contributed by atoms with Crippen molar-refractivity contribution in [3.05, 3.63) is 31.9 Å². The largest absolute Gasteiger partial charge is 0.289 e. The van der Waals surface area contributed by atoms with Crippen LogP contribution in [0.2, 0.25) is 4.47 Å². The van der Waals surface area contributed by atoms with Crippen molar-refractivity contribution in [2.45, 2.75) is 33.0 Å². The van der Waals surface area contributed by atoms with Crippen molar-refractivity contribution in [2.24, 2.45) is 0 Å². The van der Waals surface area contributed by atoms with E-state index in [-0.39, 0.29) is 0 Å². The number of rotatable bonds is 5. The van der Waals surface area contributed by atoms with Gasteiger partial charge in [-0.3, -0.25) is 4.90 Å². The first-order valence-corrected chi connectivity index (χ1v) is 7.47. The molecule has 0 aromatic carbocycles. The zero-order valence-corrected chi connectivity index (χ0v) is 12.1. The van der Waals surface area contributed by atoms with Gasteiger partial charge in [0.1, 0.15) is 5.01 Å². The Morgan fingerprint density at radius 3 is 2.71 bits per heavy atom. The van der Waals surface area contributed by atoms with Gasteiger partial charge in [0.2, 0.25) is 4.47 Å². The summed E-state index contributed by atoms with van der Waals surface area (Å²) >= 11 is 9.03. The first kappa shape index (κ1) is 13.0. The zero-order chi connectivity index (χ0) is 12.3. The van der Waals surface area contributed by atoms with E-state index in [1.807, 2.05) is 0 Å². The maximum absolute atomic E-state index is 5.79. The first-order chi connectivity index (χ1) is 8.15. The molecule has 2 heterocycles. The predicted molar refractivity (Wildman–Crippen MR) is 73.6 cm³/mol. The van der Waals surface area contributed by atoms with E-state index in [0.29, 0.717) is 10.5 Å². The summed E-state index contributed by atoms with van der Waals surface area (Å²) in [7, 11) is 0. The van der Waals surface area contributed by atoms with E-state index in [1.165, 1.54) is 16.2 Å². The van der Waals surface area contributed by atoms with Crippen LogP contribution < -0.4 is 0 Å². The third-order valence-electron chi connectivity index (χ3n) is 2.45. The molecule has 0 atom stereocenters. The molecule has 0 bridgehead atoms. The molecule has 0 saturated heterocycles. The van der Waals surface area contributed by atoms with Crippen LogP contribution in [0.25, 0.3) is 0 Å². The van der Waals surface area contributed by atoms with E-state index in [9.17, 15) is 0 Å². The molecule has 2 rings (SSSR count). The zero-order valence-electron chi connectivity index (χ0n) is 9.76. The molecule has 0 aliphatic carbocycles. The maximum Gasteiger partial charge on any atom is 0.207 e. The molecule has 0 saturated carbocycles. The van der Waals surface area contributed by atoms with Gasteiger partial charge in [-0.2, -0.15) is 0 Å². The van der Waals surface area contributed by atoms with Crippen LogP contribution in [0, 0.1) is 0 Å². The molecule has 0 N–H and O–H groups in total. The highest BCUT2D eigenvalue weighted by atomic mass is 35.5. The minimum atomic E-state index is 0.472. The summed E-state index contributed by atoms with van der Waals surface area (Å²) in [6.07, 6.45) is 0. The molecule has 0 radical (unpaired) electrons. The van der Waals surface area contributed by atoms with E-state index < -0.39 is 0 Å². The monoisotopic (exact) mass is 287 g/mol. The lowest BCUT2D eigenvalue weighted by atomic mass is 10.3. The van der Waals surface area contributed by atoms with Crippen molar-refractivity contribution in [3.8, 4) is 0 Å². The maximum atomic E-state index is 5.79. The molecule has 2 aromatic rings. The van der Waals surface area contributed by atoms with Crippen LogP contribution in [0.5, 0.6) is 0 Å². The molecule has 92 valence electrons. The van der Waals surface area contributed by atoms with Gasteiger partial charge in [-0.1, -0.05) is 17.4 Å². The Bertz CT molecular complexity index is 453. The molecule has 0 fully saturated rings. The molecule has 0 spiro atoms. The van der Waals surface area contributed by atoms with Gasteiger partial charge in [0.15, 0.2) is 0 Å². The predicted octanol–water partition coefficient (Wildman–Crippen LogP) is 3.66. The van der Waals surface area contributed by atoms with Gasteiger partial charge in [-0.15, -0.1) is 21.5 Å². The lowest BCUT2D eigenvalue weighted by Crippen LogP contribution is -2.29. The van der Waals surface area contributed by atoms with Gasteiger partial charge in [0.05, 0.1) is 6.54 Å². The Balaban J connectivity index is 2.02. The minimum absolute atomic E-state index is 0.472. The number of thiophene rings is 1. The molecule has 0 aliphatic rings. The molecule has 17 heavy (non-hydrogen) atoms. The standard InChI is InChI=1S/C11H14ClN3S2/c1-8(2)15(6-9-4-3-5-16-9)7-10-13-14-11(12)17-10/h3-5,8H,6-7H2,1-2H3. The van der Waals surface area contributed by atoms with Crippen LogP contribution in [-0.2, 0) is 13.1 Å². The third kappa shape index (κ3) is 3.74. The second kappa shape index (κ2) is 5.91. The lowest BCUT2D eigenvalue weighted by Gasteiger charge is -2.24. The number of halogens is 1. The minimum Gasteiger partial charge on any atom is -0.289 e. The number of hydrogen-bond donors (Lipinski definition) is 0. The van der Waals surface area contributed by atoms with Crippen molar-refractivity contribution in [1.29, 1.82) is 0 Å². The molecule has 0 aliphatic heterocycles. The number of hydrogen-bond acceptors (Lipinski definition) is 5. The smallest absolute Gasteiger partial charge is 0.207 e. The molecule has 2 aromatic heterocycles. The number of nitrogens with zero attached hydrogens (tertiary/aromatic N) is 3. The fraction of sp³-hybridized carbons (Fsp3) is 0.455. The third-order valence-corrected chi connectivity index (χ3v) is 4.31. The Labute approximate surface area is 114 Å². The van der Waals surface area contributed by atoms with E-state index in [1.54, 1.807) is 11.3 Å². The van der Waals surface area contributed by atoms with Gasteiger partial charge in [0.25, 0.3) is 0 Å². The first-order valence-electron chi connectivity index (χ1n) is 5.39. The second-order valence-corrected chi connectivity index (χ2v) is 6.70. The van der Waals surface area contributed by atoms with Gasteiger partial charge >= 0.3 is 0 Å². The van der Waals surface area contributed by atoms with Crippen molar-refractivity contribution in [3.63, 3.8) is 0 Å². The highest BCUT2D eigenvalue weighted by molar-refractivity contribution is 7.15. The van der Waals surface area contributed by atoms with Crippen molar-refractivity contribution < 1.29 is 0 Å². The fourth-order valence-corrected chi connectivity index (χ4v) is 3.12. The van der Waals surface area contributed by atoms with Gasteiger partial charge in [-0.25, -0.2) is 0 Å².